The van der Waals surface area contributed by atoms with Crippen molar-refractivity contribution in [2.24, 2.45) is 0 Å². The molecule has 1 aromatic carbocycles. The number of carbonyl (C=O) groups excluding carboxylic acids is 1. The van der Waals surface area contributed by atoms with E-state index < -0.39 is 0 Å². The molecule has 0 unspecified atom stereocenters. The van der Waals surface area contributed by atoms with E-state index in [1.165, 1.54) is 10.8 Å². The molecule has 0 radical (unpaired) electrons. The van der Waals surface area contributed by atoms with Gasteiger partial charge in [-0.25, -0.2) is 4.57 Å². The molecule has 9 heteroatoms. The van der Waals surface area contributed by atoms with Crippen molar-refractivity contribution in [3.8, 4) is 11.5 Å². The number of fused-ring (bicyclic) bond motifs is 3. The summed E-state index contributed by atoms with van der Waals surface area (Å²) in [7, 11) is 0. The third-order valence-corrected chi connectivity index (χ3v) is 6.88. The minimum absolute atomic E-state index is 0.0888. The molecule has 1 amide bonds. The largest absolute Gasteiger partial charge is 0.454 e. The van der Waals surface area contributed by atoms with Gasteiger partial charge in [0, 0.05) is 12.7 Å². The molecule has 35 heavy (non-hydrogen) atoms. The number of hydrogen-bond acceptors (Lipinski definition) is 6. The maximum Gasteiger partial charge on any atom is 0.278 e. The predicted molar refractivity (Wildman–Crippen MR) is 129 cm³/mol. The molecule has 1 aliphatic heterocycles. The van der Waals surface area contributed by atoms with Gasteiger partial charge in [0.1, 0.15) is 10.9 Å². The van der Waals surface area contributed by atoms with Crippen LogP contribution in [0.15, 0.2) is 53.5 Å². The Labute approximate surface area is 201 Å². The van der Waals surface area contributed by atoms with E-state index >= 15 is 0 Å². The number of ether oxygens (including phenoxy) is 2. The van der Waals surface area contributed by atoms with Crippen LogP contribution in [0.5, 0.6) is 11.5 Å². The minimum atomic E-state index is -0.343. The highest BCUT2D eigenvalue weighted by Crippen LogP contribution is 2.32. The number of rotatable bonds is 4. The zero-order chi connectivity index (χ0) is 23.9. The van der Waals surface area contributed by atoms with E-state index in [1.54, 1.807) is 24.4 Å². The third-order valence-electron chi connectivity index (χ3n) is 6.88. The van der Waals surface area contributed by atoms with Gasteiger partial charge in [0.15, 0.2) is 11.5 Å². The topological polar surface area (TPSA) is 112 Å². The second-order valence-electron chi connectivity index (χ2n) is 9.06. The zero-order valence-corrected chi connectivity index (χ0v) is 19.2. The number of nitrogens with one attached hydrogen (secondary N) is 1. The first-order chi connectivity index (χ1) is 17.1. The van der Waals surface area contributed by atoms with E-state index in [2.05, 4.69) is 5.32 Å². The molecule has 0 bridgehead atoms. The van der Waals surface area contributed by atoms with E-state index in [0.717, 1.165) is 31.2 Å². The Bertz CT molecular complexity index is 1520. The first-order valence-electron chi connectivity index (χ1n) is 11.9. The van der Waals surface area contributed by atoms with Gasteiger partial charge in [-0.2, -0.15) is 0 Å². The van der Waals surface area contributed by atoms with Gasteiger partial charge in [-0.15, -0.1) is 0 Å². The quantitative estimate of drug-likeness (QED) is 0.349. The highest BCUT2D eigenvalue weighted by Gasteiger charge is 2.30. The van der Waals surface area contributed by atoms with Gasteiger partial charge >= 0.3 is 0 Å². The second-order valence-corrected chi connectivity index (χ2v) is 9.06. The first-order valence-corrected chi connectivity index (χ1v) is 11.9. The van der Waals surface area contributed by atoms with E-state index in [9.17, 15) is 9.59 Å². The summed E-state index contributed by atoms with van der Waals surface area (Å²) in [5.41, 5.74) is 8.64. The Morgan fingerprint density at radius 3 is 2.80 bits per heavy atom. The van der Waals surface area contributed by atoms with Crippen molar-refractivity contribution in [1.82, 2.24) is 14.7 Å². The molecule has 3 aromatic heterocycles. The van der Waals surface area contributed by atoms with Gasteiger partial charge in [0.2, 0.25) is 18.3 Å². The van der Waals surface area contributed by atoms with E-state index in [-0.39, 0.29) is 36.4 Å². The molecule has 9 nitrogen and oxygen atoms in total. The molecule has 1 fully saturated rings. The second kappa shape index (κ2) is 8.57. The lowest BCUT2D eigenvalue weighted by atomic mass is 9.94. The fraction of sp³-hybridized carbons (Fsp3) is 0.308. The lowest BCUT2D eigenvalue weighted by Gasteiger charge is -2.23. The number of anilines is 1. The van der Waals surface area contributed by atoms with Crippen molar-refractivity contribution in [3.05, 3.63) is 70.1 Å². The molecule has 3 N–H and O–H groups in total. The van der Waals surface area contributed by atoms with Crippen LogP contribution in [0.1, 0.15) is 54.1 Å². The van der Waals surface area contributed by atoms with Crippen LogP contribution in [0, 0.1) is 0 Å². The highest BCUT2D eigenvalue weighted by atomic mass is 16.7. The Kier molecular flexibility index (Phi) is 5.24. The van der Waals surface area contributed by atoms with Crippen LogP contribution < -0.4 is 30.7 Å². The summed E-state index contributed by atoms with van der Waals surface area (Å²) >= 11 is 0. The Morgan fingerprint density at radius 1 is 1.11 bits per heavy atom. The normalized spacial score (nSPS) is 15.5. The van der Waals surface area contributed by atoms with Crippen molar-refractivity contribution < 1.29 is 18.8 Å². The average molecular weight is 473 g/mol. The Balaban J connectivity index is 1.43. The molecular weight excluding hydrogens is 446 g/mol. The van der Waals surface area contributed by atoms with E-state index in [4.69, 9.17) is 20.2 Å². The summed E-state index contributed by atoms with van der Waals surface area (Å²) in [4.78, 5) is 31.5. The van der Waals surface area contributed by atoms with Gasteiger partial charge in [-0.1, -0.05) is 23.5 Å². The number of pyridine rings is 2. The lowest BCUT2D eigenvalue weighted by Crippen LogP contribution is -2.47. The van der Waals surface area contributed by atoms with Crippen molar-refractivity contribution in [2.45, 2.75) is 44.7 Å². The number of aromatic nitrogens is 3. The minimum Gasteiger partial charge on any atom is -0.454 e. The molecule has 0 spiro atoms. The molecular formula is C26H26N5O4+. The molecule has 2 aliphatic rings. The lowest BCUT2D eigenvalue weighted by molar-refractivity contribution is -0.689. The zero-order valence-electron chi connectivity index (χ0n) is 19.2. The maximum absolute atomic E-state index is 13.4. The number of amides is 1. The number of hydrogen-bond donors (Lipinski definition) is 2. The van der Waals surface area contributed by atoms with Crippen LogP contribution in [0.2, 0.25) is 0 Å². The van der Waals surface area contributed by atoms with Crippen molar-refractivity contribution in [2.75, 3.05) is 12.5 Å². The van der Waals surface area contributed by atoms with Gasteiger partial charge < -0.3 is 20.5 Å². The first kappa shape index (κ1) is 21.4. The van der Waals surface area contributed by atoms with E-state index in [0.29, 0.717) is 34.0 Å². The summed E-state index contributed by atoms with van der Waals surface area (Å²) in [5.74, 6) is 1.33. The third kappa shape index (κ3) is 3.73. The SMILES string of the molecule is Nc1c(C(=O)NCc2ccc3c(c2)OCO3)cc2c(=O)n3ccccc3nc2[n+]1C1CCCCC1. The molecule has 6 rings (SSSR count). The molecule has 178 valence electrons. The molecule has 0 atom stereocenters. The fourth-order valence-corrected chi connectivity index (χ4v) is 5.08. The van der Waals surface area contributed by atoms with Gasteiger partial charge in [-0.05, 0) is 61.6 Å². The highest BCUT2D eigenvalue weighted by molar-refractivity contribution is 6.00. The van der Waals surface area contributed by atoms with Gasteiger partial charge in [0.25, 0.3) is 17.1 Å². The maximum atomic E-state index is 13.4. The van der Waals surface area contributed by atoms with Crippen LogP contribution >= 0.6 is 0 Å². The molecule has 0 saturated heterocycles. The van der Waals surface area contributed by atoms with Crippen LogP contribution in [-0.2, 0) is 6.54 Å². The van der Waals surface area contributed by atoms with Crippen LogP contribution in [0.3, 0.4) is 0 Å². The fourth-order valence-electron chi connectivity index (χ4n) is 5.08. The van der Waals surface area contributed by atoms with Crippen LogP contribution in [0.4, 0.5) is 5.82 Å². The predicted octanol–water partition coefficient (Wildman–Crippen LogP) is 2.88. The van der Waals surface area contributed by atoms with E-state index in [1.807, 2.05) is 28.8 Å². The number of carbonyl (C=O) groups is 1. The Morgan fingerprint density at radius 2 is 1.94 bits per heavy atom. The molecule has 1 aliphatic carbocycles. The standard InChI is InChI=1S/C26H25N5O4/c27-23-18(25(32)28-14-16-9-10-20-21(12-16)35-15-34-20)13-19-24(31(23)17-6-2-1-3-7-17)29-22-8-4-5-11-30(22)26(19)33/h4-5,8-13,17,27H,1-3,6-7,14-15H2,(H,28,32)/p+1. The number of nitrogen functional groups attached to an aromatic ring is 1. The smallest absolute Gasteiger partial charge is 0.278 e. The van der Waals surface area contributed by atoms with Crippen molar-refractivity contribution in [3.63, 3.8) is 0 Å². The summed E-state index contributed by atoms with van der Waals surface area (Å²) in [5, 5.41) is 3.32. The van der Waals surface area contributed by atoms with Gasteiger partial charge in [-0.3, -0.25) is 14.0 Å². The molecule has 4 heterocycles. The number of nitrogens with zero attached hydrogens (tertiary/aromatic N) is 3. The van der Waals surface area contributed by atoms with Gasteiger partial charge in [0.05, 0.1) is 6.04 Å². The van der Waals surface area contributed by atoms with Crippen molar-refractivity contribution >= 4 is 28.4 Å². The molecule has 4 aromatic rings. The monoisotopic (exact) mass is 472 g/mol. The summed E-state index contributed by atoms with van der Waals surface area (Å²) in [6.45, 7) is 0.476. The Hall–Kier alpha value is -4.14. The average Bonchev–Trinajstić information content (AvgIpc) is 3.36. The summed E-state index contributed by atoms with van der Waals surface area (Å²) in [6.07, 6.45) is 6.87. The van der Waals surface area contributed by atoms with Crippen LogP contribution in [-0.4, -0.2) is 22.1 Å². The van der Waals surface area contributed by atoms with Crippen LogP contribution in [0.25, 0.3) is 16.7 Å². The molecule has 1 saturated carbocycles. The number of benzene rings is 1. The summed E-state index contributed by atoms with van der Waals surface area (Å²) in [6, 6.07) is 12.6. The number of nitrogens with two attached hydrogens (primary N) is 1. The van der Waals surface area contributed by atoms with Crippen molar-refractivity contribution in [1.29, 1.82) is 0 Å². The summed E-state index contributed by atoms with van der Waals surface area (Å²) < 4.78 is 14.2.